The first kappa shape index (κ1) is 20.1. The van der Waals surface area contributed by atoms with Crippen molar-refractivity contribution in [3.63, 3.8) is 0 Å². The summed E-state index contributed by atoms with van der Waals surface area (Å²) in [5.74, 6) is -0.241. The number of carbonyl (C=O) groups is 2. The van der Waals surface area contributed by atoms with Gasteiger partial charge in [-0.15, -0.1) is 36.2 Å². The molecule has 0 radical (unpaired) electrons. The van der Waals surface area contributed by atoms with Crippen LogP contribution in [0.15, 0.2) is 5.38 Å². The summed E-state index contributed by atoms with van der Waals surface area (Å²) in [6, 6.07) is 0.353. The summed E-state index contributed by atoms with van der Waals surface area (Å²) in [4.78, 5) is 29.2. The molecule has 2 heterocycles. The Morgan fingerprint density at radius 3 is 2.76 bits per heavy atom. The van der Waals surface area contributed by atoms with Crippen LogP contribution in [-0.4, -0.2) is 47.9 Å². The van der Waals surface area contributed by atoms with Crippen LogP contribution < -0.4 is 10.6 Å². The monoisotopic (exact) mass is 354 g/mol. The number of piperidine rings is 1. The number of halogens is 2. The molecule has 1 aliphatic heterocycles. The summed E-state index contributed by atoms with van der Waals surface area (Å²) >= 11 is 1.27. The fraction of sp³-hybridized carbons (Fsp3) is 0.583. The summed E-state index contributed by atoms with van der Waals surface area (Å²) in [7, 11) is 1.91. The molecule has 1 saturated heterocycles. The van der Waals surface area contributed by atoms with E-state index in [1.54, 1.807) is 5.38 Å². The molecule has 0 saturated carbocycles. The average molecular weight is 355 g/mol. The van der Waals surface area contributed by atoms with Crippen molar-refractivity contribution >= 4 is 53.1 Å². The van der Waals surface area contributed by atoms with Gasteiger partial charge in [0.1, 0.15) is 5.69 Å². The smallest absolute Gasteiger partial charge is 0.273 e. The molecule has 21 heavy (non-hydrogen) atoms. The lowest BCUT2D eigenvalue weighted by atomic mass is 10.1. The SMILES string of the molecule is CNC1CCCN(C(=O)c2csc(NC(C)=O)n2)C1.Cl.Cl. The van der Waals surface area contributed by atoms with Crippen LogP contribution in [-0.2, 0) is 4.79 Å². The lowest BCUT2D eigenvalue weighted by Gasteiger charge is -2.32. The molecule has 6 nitrogen and oxygen atoms in total. The van der Waals surface area contributed by atoms with Gasteiger partial charge < -0.3 is 15.5 Å². The van der Waals surface area contributed by atoms with Gasteiger partial charge in [0.2, 0.25) is 5.91 Å². The fourth-order valence-electron chi connectivity index (χ4n) is 2.14. The largest absolute Gasteiger partial charge is 0.336 e. The third kappa shape index (κ3) is 5.43. The Kier molecular flexibility index (Phi) is 8.80. The first-order chi connectivity index (χ1) is 9.10. The predicted molar refractivity (Wildman–Crippen MR) is 88.9 cm³/mol. The van der Waals surface area contributed by atoms with Crippen LogP contribution in [0, 0.1) is 0 Å². The molecule has 2 N–H and O–H groups in total. The molecule has 1 unspecified atom stereocenters. The maximum Gasteiger partial charge on any atom is 0.273 e. The summed E-state index contributed by atoms with van der Waals surface area (Å²) in [5, 5.41) is 7.95. The van der Waals surface area contributed by atoms with Crippen molar-refractivity contribution in [2.45, 2.75) is 25.8 Å². The molecule has 0 bridgehead atoms. The second-order valence-electron chi connectivity index (χ2n) is 4.60. The van der Waals surface area contributed by atoms with Crippen molar-refractivity contribution in [1.29, 1.82) is 0 Å². The number of anilines is 1. The van der Waals surface area contributed by atoms with Gasteiger partial charge in [-0.1, -0.05) is 0 Å². The minimum Gasteiger partial charge on any atom is -0.336 e. The fourth-order valence-corrected chi connectivity index (χ4v) is 2.87. The van der Waals surface area contributed by atoms with E-state index in [4.69, 9.17) is 0 Å². The van der Waals surface area contributed by atoms with Crippen LogP contribution >= 0.6 is 36.2 Å². The van der Waals surface area contributed by atoms with Gasteiger partial charge in [0, 0.05) is 31.4 Å². The predicted octanol–water partition coefficient (Wildman–Crippen LogP) is 1.77. The average Bonchev–Trinajstić information content (AvgIpc) is 2.85. The summed E-state index contributed by atoms with van der Waals surface area (Å²) in [5.41, 5.74) is 0.408. The molecule has 1 aromatic rings. The zero-order valence-electron chi connectivity index (χ0n) is 11.9. The number of rotatable bonds is 3. The number of amides is 2. The van der Waals surface area contributed by atoms with Crippen LogP contribution in [0.3, 0.4) is 0 Å². The highest BCUT2D eigenvalue weighted by Gasteiger charge is 2.25. The Bertz CT molecular complexity index is 484. The van der Waals surface area contributed by atoms with Crippen molar-refractivity contribution in [3.8, 4) is 0 Å². The van der Waals surface area contributed by atoms with E-state index in [1.807, 2.05) is 11.9 Å². The minimum atomic E-state index is -0.179. The number of hydrogen-bond acceptors (Lipinski definition) is 5. The van der Waals surface area contributed by atoms with Crippen molar-refractivity contribution in [3.05, 3.63) is 11.1 Å². The molecule has 1 aromatic heterocycles. The van der Waals surface area contributed by atoms with Crippen LogP contribution in [0.25, 0.3) is 0 Å². The number of nitrogens with one attached hydrogen (secondary N) is 2. The van der Waals surface area contributed by atoms with Gasteiger partial charge >= 0.3 is 0 Å². The molecule has 1 aliphatic rings. The second-order valence-corrected chi connectivity index (χ2v) is 5.46. The van der Waals surface area contributed by atoms with Gasteiger partial charge in [0.15, 0.2) is 5.13 Å². The molecule has 1 fully saturated rings. The van der Waals surface area contributed by atoms with Crippen LogP contribution in [0.1, 0.15) is 30.3 Å². The number of aromatic nitrogens is 1. The van der Waals surface area contributed by atoms with Gasteiger partial charge in [-0.2, -0.15) is 0 Å². The van der Waals surface area contributed by atoms with Gasteiger partial charge in [0.05, 0.1) is 0 Å². The Labute approximate surface area is 140 Å². The molecular weight excluding hydrogens is 335 g/mol. The van der Waals surface area contributed by atoms with E-state index in [0.29, 0.717) is 23.4 Å². The van der Waals surface area contributed by atoms with Gasteiger partial charge in [-0.3, -0.25) is 9.59 Å². The highest BCUT2D eigenvalue weighted by Crippen LogP contribution is 2.19. The second kappa shape index (κ2) is 9.19. The number of likely N-dealkylation sites (tertiary alicyclic amines) is 1. The van der Waals surface area contributed by atoms with Crippen LogP contribution in [0.2, 0.25) is 0 Å². The topological polar surface area (TPSA) is 74.3 Å². The molecule has 9 heteroatoms. The minimum absolute atomic E-state index is 0. The zero-order valence-corrected chi connectivity index (χ0v) is 14.4. The number of nitrogens with zero attached hydrogens (tertiary/aromatic N) is 2. The Balaban J connectivity index is 0.00000200. The first-order valence-electron chi connectivity index (χ1n) is 6.30. The maximum atomic E-state index is 12.3. The number of carbonyl (C=O) groups excluding carboxylic acids is 2. The third-order valence-electron chi connectivity index (χ3n) is 3.12. The lowest BCUT2D eigenvalue weighted by Crippen LogP contribution is -2.47. The quantitative estimate of drug-likeness (QED) is 0.867. The molecule has 0 aliphatic carbocycles. The zero-order chi connectivity index (χ0) is 13.8. The molecule has 2 amide bonds. The normalized spacial score (nSPS) is 17.4. The maximum absolute atomic E-state index is 12.3. The van der Waals surface area contributed by atoms with Crippen LogP contribution in [0.4, 0.5) is 5.13 Å². The number of thiazole rings is 1. The molecule has 0 spiro atoms. The van der Waals surface area contributed by atoms with E-state index in [1.165, 1.54) is 18.3 Å². The Morgan fingerprint density at radius 2 is 2.14 bits per heavy atom. The van der Waals surface area contributed by atoms with E-state index in [-0.39, 0.29) is 36.6 Å². The number of hydrogen-bond donors (Lipinski definition) is 2. The van der Waals surface area contributed by atoms with Gasteiger partial charge in [-0.05, 0) is 19.9 Å². The van der Waals surface area contributed by atoms with Crippen LogP contribution in [0.5, 0.6) is 0 Å². The van der Waals surface area contributed by atoms with E-state index in [2.05, 4.69) is 15.6 Å². The van der Waals surface area contributed by atoms with Crippen molar-refractivity contribution in [2.75, 3.05) is 25.5 Å². The Morgan fingerprint density at radius 1 is 1.43 bits per heavy atom. The first-order valence-corrected chi connectivity index (χ1v) is 7.17. The van der Waals surface area contributed by atoms with E-state index >= 15 is 0 Å². The van der Waals surface area contributed by atoms with Gasteiger partial charge in [0.25, 0.3) is 5.91 Å². The van der Waals surface area contributed by atoms with E-state index in [0.717, 1.165) is 19.4 Å². The summed E-state index contributed by atoms with van der Waals surface area (Å²) in [6.07, 6.45) is 2.09. The molecule has 1 atom stereocenters. The van der Waals surface area contributed by atoms with E-state index < -0.39 is 0 Å². The summed E-state index contributed by atoms with van der Waals surface area (Å²) < 4.78 is 0. The molecule has 0 aromatic carbocycles. The molecule has 2 rings (SSSR count). The van der Waals surface area contributed by atoms with E-state index in [9.17, 15) is 9.59 Å². The lowest BCUT2D eigenvalue weighted by molar-refractivity contribution is -0.114. The Hall–Kier alpha value is -0.890. The third-order valence-corrected chi connectivity index (χ3v) is 3.88. The highest BCUT2D eigenvalue weighted by atomic mass is 35.5. The van der Waals surface area contributed by atoms with Crippen molar-refractivity contribution in [2.24, 2.45) is 0 Å². The molecular formula is C12H20Cl2N4O2S. The van der Waals surface area contributed by atoms with Crippen molar-refractivity contribution < 1.29 is 9.59 Å². The highest BCUT2D eigenvalue weighted by molar-refractivity contribution is 7.14. The summed E-state index contributed by atoms with van der Waals surface area (Å²) in [6.45, 7) is 2.90. The molecule has 120 valence electrons. The number of likely N-dealkylation sites (N-methyl/N-ethyl adjacent to an activating group) is 1. The standard InChI is InChI=1S/C12H18N4O2S.2ClH/c1-8(17)14-12-15-10(7-19-12)11(18)16-5-3-4-9(6-16)13-2;;/h7,9,13H,3-6H2,1-2H3,(H,14,15,17);2*1H. The van der Waals surface area contributed by atoms with Gasteiger partial charge in [-0.25, -0.2) is 4.98 Å². The van der Waals surface area contributed by atoms with Crippen molar-refractivity contribution in [1.82, 2.24) is 15.2 Å².